The predicted octanol–water partition coefficient (Wildman–Crippen LogP) is 1.78. The van der Waals surface area contributed by atoms with Crippen LogP contribution in [0.2, 0.25) is 0 Å². The van der Waals surface area contributed by atoms with Gasteiger partial charge in [0, 0.05) is 5.69 Å². The molecule has 1 N–H and O–H groups in total. The Balaban J connectivity index is 2.57. The first-order valence-electron chi connectivity index (χ1n) is 5.32. The summed E-state index contributed by atoms with van der Waals surface area (Å²) in [7, 11) is 1.61. The van der Waals surface area contributed by atoms with Gasteiger partial charge < -0.3 is 4.74 Å². The molecule has 0 amide bonds. The van der Waals surface area contributed by atoms with Gasteiger partial charge in [-0.25, -0.2) is 4.68 Å². The molecule has 0 unspecified atom stereocenters. The van der Waals surface area contributed by atoms with Crippen molar-refractivity contribution in [2.45, 2.75) is 27.2 Å². The number of nitrogens with zero attached hydrogens (tertiary/aromatic N) is 3. The van der Waals surface area contributed by atoms with Gasteiger partial charge in [0.05, 0.1) is 18.5 Å². The molecule has 0 radical (unpaired) electrons. The molecule has 5 heteroatoms. The Bertz CT molecular complexity index is 498. The van der Waals surface area contributed by atoms with E-state index >= 15 is 0 Å². The average Bonchev–Trinajstić information content (AvgIpc) is 2.81. The first-order chi connectivity index (χ1) is 7.67. The summed E-state index contributed by atoms with van der Waals surface area (Å²) in [5, 5.41) is 11.5. The predicted molar refractivity (Wildman–Crippen MR) is 61.1 cm³/mol. The van der Waals surface area contributed by atoms with Crippen molar-refractivity contribution in [1.29, 1.82) is 0 Å². The maximum absolute atomic E-state index is 5.22. The van der Waals surface area contributed by atoms with Crippen molar-refractivity contribution in [3.8, 4) is 11.6 Å². The van der Waals surface area contributed by atoms with Gasteiger partial charge in [0.2, 0.25) is 0 Å². The summed E-state index contributed by atoms with van der Waals surface area (Å²) in [4.78, 5) is 0. The average molecular weight is 220 g/mol. The Kier molecular flexibility index (Phi) is 2.68. The lowest BCUT2D eigenvalue weighted by Crippen LogP contribution is -2.02. The first kappa shape index (κ1) is 10.7. The van der Waals surface area contributed by atoms with Crippen molar-refractivity contribution in [2.75, 3.05) is 7.11 Å². The summed E-state index contributed by atoms with van der Waals surface area (Å²) >= 11 is 0. The van der Waals surface area contributed by atoms with Crippen LogP contribution in [0.5, 0.6) is 5.88 Å². The first-order valence-corrected chi connectivity index (χ1v) is 5.32. The standard InChI is InChI=1S/C11H16N4O/c1-5-9-6-7(2)15(14-9)10-8(3)12-13-11(10)16-4/h6H,5H2,1-4H3,(H,12,13). The molecule has 5 nitrogen and oxygen atoms in total. The normalized spacial score (nSPS) is 10.8. The highest BCUT2D eigenvalue weighted by Gasteiger charge is 2.16. The fraction of sp³-hybridized carbons (Fsp3) is 0.455. The van der Waals surface area contributed by atoms with Crippen LogP contribution in [0, 0.1) is 13.8 Å². The fourth-order valence-corrected chi connectivity index (χ4v) is 1.73. The number of aryl methyl sites for hydroxylation is 3. The van der Waals surface area contributed by atoms with E-state index in [9.17, 15) is 0 Å². The number of aromatic nitrogens is 4. The Morgan fingerprint density at radius 1 is 1.44 bits per heavy atom. The van der Waals surface area contributed by atoms with Crippen molar-refractivity contribution in [3.05, 3.63) is 23.1 Å². The zero-order chi connectivity index (χ0) is 11.7. The van der Waals surface area contributed by atoms with E-state index in [4.69, 9.17) is 4.74 Å². The molecular formula is C11H16N4O. The second-order valence-corrected chi connectivity index (χ2v) is 3.75. The van der Waals surface area contributed by atoms with E-state index in [0.29, 0.717) is 5.88 Å². The number of rotatable bonds is 3. The molecule has 0 aliphatic carbocycles. The van der Waals surface area contributed by atoms with Crippen molar-refractivity contribution < 1.29 is 4.74 Å². The molecule has 2 heterocycles. The quantitative estimate of drug-likeness (QED) is 0.857. The van der Waals surface area contributed by atoms with Gasteiger partial charge in [-0.2, -0.15) is 5.10 Å². The van der Waals surface area contributed by atoms with Crippen LogP contribution in [-0.4, -0.2) is 27.1 Å². The Labute approximate surface area is 94.4 Å². The van der Waals surface area contributed by atoms with E-state index in [0.717, 1.165) is 29.2 Å². The Morgan fingerprint density at radius 3 is 2.75 bits per heavy atom. The summed E-state index contributed by atoms with van der Waals surface area (Å²) in [5.41, 5.74) is 3.99. The molecule has 0 spiro atoms. The summed E-state index contributed by atoms with van der Waals surface area (Å²) in [5.74, 6) is 0.575. The number of hydrogen-bond acceptors (Lipinski definition) is 3. The van der Waals surface area contributed by atoms with Crippen LogP contribution in [-0.2, 0) is 6.42 Å². The highest BCUT2D eigenvalue weighted by Crippen LogP contribution is 2.24. The third kappa shape index (κ3) is 1.58. The minimum Gasteiger partial charge on any atom is -0.478 e. The van der Waals surface area contributed by atoms with Crippen LogP contribution in [0.4, 0.5) is 0 Å². The molecule has 2 rings (SSSR count). The van der Waals surface area contributed by atoms with Crippen LogP contribution in [0.3, 0.4) is 0 Å². The minimum absolute atomic E-state index is 0.575. The largest absolute Gasteiger partial charge is 0.478 e. The van der Waals surface area contributed by atoms with Crippen LogP contribution >= 0.6 is 0 Å². The molecule has 86 valence electrons. The minimum atomic E-state index is 0.575. The third-order valence-corrected chi connectivity index (χ3v) is 2.59. The van der Waals surface area contributed by atoms with E-state index in [-0.39, 0.29) is 0 Å². The zero-order valence-corrected chi connectivity index (χ0v) is 10.0. The summed E-state index contributed by atoms with van der Waals surface area (Å²) < 4.78 is 7.09. The van der Waals surface area contributed by atoms with Crippen molar-refractivity contribution in [2.24, 2.45) is 0 Å². The fourth-order valence-electron chi connectivity index (χ4n) is 1.73. The van der Waals surface area contributed by atoms with Crippen molar-refractivity contribution >= 4 is 0 Å². The molecule has 0 atom stereocenters. The molecule has 0 aliphatic rings. The van der Waals surface area contributed by atoms with Crippen molar-refractivity contribution in [1.82, 2.24) is 20.0 Å². The number of ether oxygens (including phenoxy) is 1. The topological polar surface area (TPSA) is 55.7 Å². The molecular weight excluding hydrogens is 204 g/mol. The smallest absolute Gasteiger partial charge is 0.258 e. The summed E-state index contributed by atoms with van der Waals surface area (Å²) in [6.07, 6.45) is 0.924. The number of hydrogen-bond donors (Lipinski definition) is 1. The molecule has 0 fully saturated rings. The Hall–Kier alpha value is -1.78. The molecule has 0 bridgehead atoms. The van der Waals surface area contributed by atoms with Crippen LogP contribution < -0.4 is 4.74 Å². The van der Waals surface area contributed by atoms with E-state index in [2.05, 4.69) is 28.3 Å². The molecule has 0 aromatic carbocycles. The highest BCUT2D eigenvalue weighted by atomic mass is 16.5. The second-order valence-electron chi connectivity index (χ2n) is 3.75. The van der Waals surface area contributed by atoms with E-state index in [1.54, 1.807) is 7.11 Å². The lowest BCUT2D eigenvalue weighted by Gasteiger charge is -2.04. The number of nitrogens with one attached hydrogen (secondary N) is 1. The number of H-pyrrole nitrogens is 1. The van der Waals surface area contributed by atoms with Crippen molar-refractivity contribution in [3.63, 3.8) is 0 Å². The van der Waals surface area contributed by atoms with E-state index in [1.807, 2.05) is 18.5 Å². The lowest BCUT2D eigenvalue weighted by molar-refractivity contribution is 0.394. The summed E-state index contributed by atoms with van der Waals surface area (Å²) in [6.45, 7) is 6.07. The molecule has 16 heavy (non-hydrogen) atoms. The van der Waals surface area contributed by atoms with Gasteiger partial charge in [-0.05, 0) is 26.3 Å². The van der Waals surface area contributed by atoms with E-state index < -0.39 is 0 Å². The van der Waals surface area contributed by atoms with Gasteiger partial charge >= 0.3 is 0 Å². The molecule has 0 aliphatic heterocycles. The van der Waals surface area contributed by atoms with Gasteiger partial charge in [0.1, 0.15) is 5.69 Å². The Morgan fingerprint density at radius 2 is 2.19 bits per heavy atom. The maximum Gasteiger partial charge on any atom is 0.258 e. The van der Waals surface area contributed by atoms with Crippen LogP contribution in [0.1, 0.15) is 24.0 Å². The number of aromatic amines is 1. The van der Waals surface area contributed by atoms with Gasteiger partial charge in [-0.15, -0.1) is 5.10 Å². The van der Waals surface area contributed by atoms with Gasteiger partial charge in [-0.3, -0.25) is 5.10 Å². The monoisotopic (exact) mass is 220 g/mol. The summed E-state index contributed by atoms with van der Waals surface area (Å²) in [6, 6.07) is 2.08. The molecule has 2 aromatic rings. The van der Waals surface area contributed by atoms with Gasteiger partial charge in [0.25, 0.3) is 5.88 Å². The third-order valence-electron chi connectivity index (χ3n) is 2.59. The van der Waals surface area contributed by atoms with Gasteiger partial charge in [-0.1, -0.05) is 6.92 Å². The molecule has 2 aromatic heterocycles. The second kappa shape index (κ2) is 4.00. The SMILES string of the molecule is CCc1cc(C)n(-c2c(OC)n[nH]c2C)n1. The zero-order valence-electron chi connectivity index (χ0n) is 10.0. The van der Waals surface area contributed by atoms with E-state index in [1.165, 1.54) is 0 Å². The van der Waals surface area contributed by atoms with Gasteiger partial charge in [0.15, 0.2) is 0 Å². The lowest BCUT2D eigenvalue weighted by atomic mass is 10.3. The molecule has 0 saturated heterocycles. The van der Waals surface area contributed by atoms with Crippen LogP contribution in [0.25, 0.3) is 5.69 Å². The van der Waals surface area contributed by atoms with Crippen LogP contribution in [0.15, 0.2) is 6.07 Å². The maximum atomic E-state index is 5.22. The number of methoxy groups -OCH3 is 1. The highest BCUT2D eigenvalue weighted by molar-refractivity contribution is 5.46. The molecule has 0 saturated carbocycles.